The molecule has 48 valence electrons. The minimum Gasteiger partial charge on any atom is -0.412 e. The smallest absolute Gasteiger partial charge is 0.395 e. The molecular formula is C6H7O2P. The van der Waals surface area contributed by atoms with E-state index in [1.165, 1.54) is 0 Å². The lowest BCUT2D eigenvalue weighted by atomic mass is 10.2. The van der Waals surface area contributed by atoms with Crippen molar-refractivity contribution in [2.24, 2.45) is 0 Å². The number of allylic oxidation sites excluding steroid dienone is 4. The zero-order valence-corrected chi connectivity index (χ0v) is 5.80. The zero-order chi connectivity index (χ0) is 6.53. The maximum Gasteiger partial charge on any atom is 0.395 e. The fourth-order valence-corrected chi connectivity index (χ4v) is 0.952. The topological polar surface area (TPSA) is 26.3 Å². The van der Waals surface area contributed by atoms with Gasteiger partial charge in [-0.25, -0.2) is 4.57 Å². The van der Waals surface area contributed by atoms with Crippen LogP contribution in [0.1, 0.15) is 12.8 Å². The van der Waals surface area contributed by atoms with Gasteiger partial charge in [-0.2, -0.15) is 0 Å². The molecule has 0 heterocycles. The molecule has 0 atom stereocenters. The molecule has 1 aliphatic carbocycles. The van der Waals surface area contributed by atoms with E-state index in [2.05, 4.69) is 6.08 Å². The van der Waals surface area contributed by atoms with E-state index in [1.807, 2.05) is 12.2 Å². The molecule has 0 N–H and O–H groups in total. The first-order valence-corrected chi connectivity index (χ1v) is 3.52. The average molecular weight is 142 g/mol. The van der Waals surface area contributed by atoms with Crippen LogP contribution in [0.15, 0.2) is 24.0 Å². The Morgan fingerprint density at radius 1 is 1.67 bits per heavy atom. The summed E-state index contributed by atoms with van der Waals surface area (Å²) in [6, 6.07) is 0. The normalized spacial score (nSPS) is 17.6. The molecule has 1 aliphatic rings. The third kappa shape index (κ3) is 1.98. The first-order chi connectivity index (χ1) is 4.43. The second-order valence-corrected chi connectivity index (χ2v) is 2.10. The van der Waals surface area contributed by atoms with Gasteiger partial charge in [0, 0.05) is 6.42 Å². The summed E-state index contributed by atoms with van der Waals surface area (Å²) in [5, 5.41) is 0. The van der Waals surface area contributed by atoms with Gasteiger partial charge in [0.05, 0.1) is 0 Å². The molecular weight excluding hydrogens is 135 g/mol. The second-order valence-electron chi connectivity index (χ2n) is 1.77. The fraction of sp³-hybridized carbons (Fsp3) is 0.333. The highest BCUT2D eigenvalue weighted by Gasteiger charge is 1.98. The molecule has 0 aliphatic heterocycles. The van der Waals surface area contributed by atoms with Crippen LogP contribution in [0.4, 0.5) is 0 Å². The van der Waals surface area contributed by atoms with Gasteiger partial charge in [-0.05, 0) is 12.5 Å². The van der Waals surface area contributed by atoms with E-state index < -0.39 is 0 Å². The monoisotopic (exact) mass is 142 g/mol. The molecule has 3 heteroatoms. The summed E-state index contributed by atoms with van der Waals surface area (Å²) in [7, 11) is -0.254. The van der Waals surface area contributed by atoms with Crippen molar-refractivity contribution >= 4 is 8.69 Å². The van der Waals surface area contributed by atoms with Gasteiger partial charge >= 0.3 is 8.69 Å². The van der Waals surface area contributed by atoms with Crippen LogP contribution >= 0.6 is 8.69 Å². The van der Waals surface area contributed by atoms with Crippen molar-refractivity contribution in [3.8, 4) is 0 Å². The quantitative estimate of drug-likeness (QED) is 0.553. The summed E-state index contributed by atoms with van der Waals surface area (Å²) in [6.07, 6.45) is 7.64. The lowest BCUT2D eigenvalue weighted by molar-refractivity contribution is 0.421. The average Bonchev–Trinajstić information content (AvgIpc) is 1.91. The van der Waals surface area contributed by atoms with Crippen molar-refractivity contribution in [2.75, 3.05) is 0 Å². The molecule has 9 heavy (non-hydrogen) atoms. The molecule has 0 amide bonds. The first-order valence-electron chi connectivity index (χ1n) is 2.79. The van der Waals surface area contributed by atoms with Gasteiger partial charge in [-0.3, -0.25) is 0 Å². The highest BCUT2D eigenvalue weighted by atomic mass is 31.1. The molecule has 0 aromatic rings. The number of rotatable bonds is 2. The molecule has 0 bridgehead atoms. The summed E-state index contributed by atoms with van der Waals surface area (Å²) in [5.41, 5.74) is 0. The van der Waals surface area contributed by atoms with Gasteiger partial charge in [-0.1, -0.05) is 12.2 Å². The van der Waals surface area contributed by atoms with E-state index in [9.17, 15) is 4.57 Å². The Labute approximate surface area is 55.5 Å². The number of hydrogen-bond acceptors (Lipinski definition) is 2. The SMILES string of the molecule is O=POC1=CC=CCC1. The summed E-state index contributed by atoms with van der Waals surface area (Å²) < 4.78 is 14.6. The van der Waals surface area contributed by atoms with Crippen molar-refractivity contribution in [2.45, 2.75) is 12.8 Å². The predicted octanol–water partition coefficient (Wildman–Crippen LogP) is 2.44. The zero-order valence-electron chi connectivity index (χ0n) is 4.91. The standard InChI is InChI=1S/C6H7O2P/c7-9-8-6-4-2-1-3-5-6/h1-2,4H,3,5H2. The van der Waals surface area contributed by atoms with Crippen LogP contribution in [-0.2, 0) is 9.09 Å². The fourth-order valence-electron chi connectivity index (χ4n) is 0.704. The second kappa shape index (κ2) is 3.41. The Hall–Kier alpha value is -0.620. The summed E-state index contributed by atoms with van der Waals surface area (Å²) in [4.78, 5) is 0. The summed E-state index contributed by atoms with van der Waals surface area (Å²) in [5.74, 6) is 0.800. The molecule has 2 nitrogen and oxygen atoms in total. The first kappa shape index (κ1) is 6.50. The van der Waals surface area contributed by atoms with E-state index in [-0.39, 0.29) is 8.69 Å². The molecule has 0 unspecified atom stereocenters. The van der Waals surface area contributed by atoms with Crippen molar-refractivity contribution in [1.82, 2.24) is 0 Å². The van der Waals surface area contributed by atoms with Crippen molar-refractivity contribution in [3.05, 3.63) is 24.0 Å². The van der Waals surface area contributed by atoms with E-state index in [4.69, 9.17) is 4.52 Å². The molecule has 0 radical (unpaired) electrons. The Balaban J connectivity index is 2.47. The molecule has 0 saturated carbocycles. The molecule has 0 saturated heterocycles. The molecule has 0 fully saturated rings. The third-order valence-electron chi connectivity index (χ3n) is 1.13. The molecule has 0 aromatic carbocycles. The minimum atomic E-state index is -0.254. The van der Waals surface area contributed by atoms with E-state index in [1.54, 1.807) is 0 Å². The van der Waals surface area contributed by atoms with Gasteiger partial charge in [0.25, 0.3) is 0 Å². The van der Waals surface area contributed by atoms with Gasteiger partial charge in [-0.15, -0.1) is 0 Å². The van der Waals surface area contributed by atoms with Crippen molar-refractivity contribution in [1.29, 1.82) is 0 Å². The Morgan fingerprint density at radius 3 is 3.11 bits per heavy atom. The third-order valence-corrected chi connectivity index (χ3v) is 1.44. The molecule has 1 rings (SSSR count). The Bertz CT molecular complexity index is 160. The largest absolute Gasteiger partial charge is 0.412 e. The Morgan fingerprint density at radius 2 is 2.56 bits per heavy atom. The van der Waals surface area contributed by atoms with Gasteiger partial charge < -0.3 is 4.52 Å². The summed E-state index contributed by atoms with van der Waals surface area (Å²) in [6.45, 7) is 0. The van der Waals surface area contributed by atoms with Crippen molar-refractivity contribution < 1.29 is 9.09 Å². The molecule has 0 aromatic heterocycles. The number of hydrogen-bond donors (Lipinski definition) is 0. The van der Waals surface area contributed by atoms with Gasteiger partial charge in [0.1, 0.15) is 5.76 Å². The van der Waals surface area contributed by atoms with Crippen LogP contribution in [0, 0.1) is 0 Å². The van der Waals surface area contributed by atoms with Crippen LogP contribution in [0.5, 0.6) is 0 Å². The highest BCUT2D eigenvalue weighted by molar-refractivity contribution is 7.17. The van der Waals surface area contributed by atoms with Crippen molar-refractivity contribution in [3.63, 3.8) is 0 Å². The van der Waals surface area contributed by atoms with Crippen LogP contribution < -0.4 is 0 Å². The van der Waals surface area contributed by atoms with Crippen LogP contribution in [0.2, 0.25) is 0 Å². The van der Waals surface area contributed by atoms with E-state index in [0.717, 1.165) is 18.6 Å². The highest BCUT2D eigenvalue weighted by Crippen LogP contribution is 2.16. The van der Waals surface area contributed by atoms with E-state index in [0.29, 0.717) is 0 Å². The van der Waals surface area contributed by atoms with Crippen LogP contribution in [0.25, 0.3) is 0 Å². The van der Waals surface area contributed by atoms with Gasteiger partial charge in [0.2, 0.25) is 0 Å². The molecule has 0 spiro atoms. The lowest BCUT2D eigenvalue weighted by Gasteiger charge is -2.02. The predicted molar refractivity (Wildman–Crippen MR) is 35.1 cm³/mol. The van der Waals surface area contributed by atoms with Gasteiger partial charge in [0.15, 0.2) is 0 Å². The maximum atomic E-state index is 9.88. The lowest BCUT2D eigenvalue weighted by Crippen LogP contribution is -1.84. The Kier molecular flexibility index (Phi) is 2.47. The minimum absolute atomic E-state index is 0.254. The van der Waals surface area contributed by atoms with E-state index >= 15 is 0 Å². The maximum absolute atomic E-state index is 9.88. The van der Waals surface area contributed by atoms with Crippen LogP contribution in [-0.4, -0.2) is 0 Å². The van der Waals surface area contributed by atoms with Crippen LogP contribution in [0.3, 0.4) is 0 Å². The summed E-state index contributed by atoms with van der Waals surface area (Å²) >= 11 is 0.